The molecule has 0 amide bonds. The molecule has 11 heteroatoms. The van der Waals surface area contributed by atoms with Crippen LogP contribution in [0.5, 0.6) is 0 Å². The van der Waals surface area contributed by atoms with Gasteiger partial charge in [0.15, 0.2) is 23.5 Å². The average molecular weight is 415 g/mol. The minimum absolute atomic E-state index is 0.0137. The lowest BCUT2D eigenvalue weighted by Gasteiger charge is -2.21. The Morgan fingerprint density at radius 3 is 2.80 bits per heavy atom. The molecule has 134 valence electrons. The highest BCUT2D eigenvalue weighted by Crippen LogP contribution is 2.37. The fourth-order valence-corrected chi connectivity index (χ4v) is 3.27. The number of aromatic nitrogens is 4. The number of ether oxygens (including phenoxy) is 3. The van der Waals surface area contributed by atoms with Crippen LogP contribution in [0.1, 0.15) is 20.1 Å². The van der Waals surface area contributed by atoms with E-state index in [2.05, 4.69) is 30.9 Å². The van der Waals surface area contributed by atoms with E-state index in [-0.39, 0.29) is 12.1 Å². The van der Waals surface area contributed by atoms with Crippen LogP contribution in [0.4, 0.5) is 0 Å². The fraction of sp³-hybridized carbons (Fsp3) is 0.500. The van der Waals surface area contributed by atoms with Crippen molar-refractivity contribution in [3.63, 3.8) is 0 Å². The number of nitrogens with zero attached hydrogens (tertiary/aromatic N) is 3. The molecule has 0 unspecified atom stereocenters. The third-order valence-electron chi connectivity index (χ3n) is 3.66. The van der Waals surface area contributed by atoms with Crippen LogP contribution < -0.4 is 5.56 Å². The van der Waals surface area contributed by atoms with Gasteiger partial charge in [-0.25, -0.2) is 9.97 Å². The molecule has 3 heterocycles. The van der Waals surface area contributed by atoms with E-state index in [9.17, 15) is 14.4 Å². The van der Waals surface area contributed by atoms with E-state index < -0.39 is 40.8 Å². The Morgan fingerprint density at radius 2 is 2.12 bits per heavy atom. The van der Waals surface area contributed by atoms with Gasteiger partial charge in [0.25, 0.3) is 5.56 Å². The van der Waals surface area contributed by atoms with Gasteiger partial charge in [-0.1, -0.05) is 15.9 Å². The SMILES string of the molecule is CC(=O)OC[C@H]1O[C@@H](n2cnc3c(=O)[nH]cnc32)[C@@H](OC(C)=O)[C@@H]1Br. The number of aromatic amines is 1. The summed E-state index contributed by atoms with van der Waals surface area (Å²) in [5.74, 6) is -0.941. The molecular formula is C14H15BrN4O6. The predicted octanol–water partition coefficient (Wildman–Crippen LogP) is 0.275. The fourth-order valence-electron chi connectivity index (χ4n) is 2.62. The molecule has 0 saturated carbocycles. The maximum absolute atomic E-state index is 11.8. The molecule has 0 aliphatic carbocycles. The molecule has 2 aromatic heterocycles. The number of H-pyrrole nitrogens is 1. The summed E-state index contributed by atoms with van der Waals surface area (Å²) < 4.78 is 17.8. The van der Waals surface area contributed by atoms with E-state index in [4.69, 9.17) is 14.2 Å². The largest absolute Gasteiger partial charge is 0.463 e. The number of imidazole rings is 1. The van der Waals surface area contributed by atoms with E-state index in [0.717, 1.165) is 0 Å². The molecule has 10 nitrogen and oxygen atoms in total. The molecule has 1 saturated heterocycles. The van der Waals surface area contributed by atoms with Gasteiger partial charge in [-0.05, 0) is 0 Å². The Bertz CT molecular complexity index is 864. The molecular weight excluding hydrogens is 400 g/mol. The van der Waals surface area contributed by atoms with Crippen LogP contribution in [-0.2, 0) is 23.8 Å². The Kier molecular flexibility index (Phi) is 4.86. The normalized spacial score (nSPS) is 25.9. The molecule has 4 atom stereocenters. The number of halogens is 1. The Balaban J connectivity index is 1.96. The van der Waals surface area contributed by atoms with E-state index in [1.807, 2.05) is 0 Å². The number of carbonyl (C=O) groups excluding carboxylic acids is 2. The minimum atomic E-state index is -0.784. The van der Waals surface area contributed by atoms with Crippen molar-refractivity contribution in [3.05, 3.63) is 23.0 Å². The lowest BCUT2D eigenvalue weighted by Crippen LogP contribution is -2.33. The maximum Gasteiger partial charge on any atom is 0.303 e. The first-order valence-corrected chi connectivity index (χ1v) is 8.30. The van der Waals surface area contributed by atoms with Gasteiger partial charge in [0, 0.05) is 13.8 Å². The van der Waals surface area contributed by atoms with Crippen LogP contribution in [0.3, 0.4) is 0 Å². The second kappa shape index (κ2) is 6.92. The Labute approximate surface area is 149 Å². The van der Waals surface area contributed by atoms with Gasteiger partial charge in [-0.3, -0.25) is 19.0 Å². The number of hydrogen-bond donors (Lipinski definition) is 1. The van der Waals surface area contributed by atoms with Crippen molar-refractivity contribution in [1.29, 1.82) is 0 Å². The zero-order valence-corrected chi connectivity index (χ0v) is 14.9. The summed E-state index contributed by atoms with van der Waals surface area (Å²) in [5.41, 5.74) is 0.0404. The highest BCUT2D eigenvalue weighted by molar-refractivity contribution is 9.09. The zero-order valence-electron chi connectivity index (χ0n) is 13.3. The molecule has 25 heavy (non-hydrogen) atoms. The van der Waals surface area contributed by atoms with Gasteiger partial charge in [-0.15, -0.1) is 0 Å². The average Bonchev–Trinajstić information content (AvgIpc) is 3.09. The summed E-state index contributed by atoms with van der Waals surface area (Å²) >= 11 is 3.44. The van der Waals surface area contributed by atoms with Crippen molar-refractivity contribution >= 4 is 39.0 Å². The van der Waals surface area contributed by atoms with Crippen molar-refractivity contribution < 1.29 is 23.8 Å². The van der Waals surface area contributed by atoms with Crippen molar-refractivity contribution in [2.45, 2.75) is 37.1 Å². The third kappa shape index (κ3) is 3.42. The van der Waals surface area contributed by atoms with Gasteiger partial charge in [-0.2, -0.15) is 0 Å². The number of hydrogen-bond acceptors (Lipinski definition) is 8. The molecule has 0 radical (unpaired) electrons. The third-order valence-corrected chi connectivity index (χ3v) is 4.77. The van der Waals surface area contributed by atoms with Crippen molar-refractivity contribution in [3.8, 4) is 0 Å². The van der Waals surface area contributed by atoms with Crippen molar-refractivity contribution in [1.82, 2.24) is 19.5 Å². The first kappa shape index (κ1) is 17.5. The highest BCUT2D eigenvalue weighted by atomic mass is 79.9. The number of nitrogens with one attached hydrogen (secondary N) is 1. The molecule has 2 aromatic rings. The van der Waals surface area contributed by atoms with E-state index in [1.54, 1.807) is 0 Å². The van der Waals surface area contributed by atoms with Gasteiger partial charge in [0.2, 0.25) is 0 Å². The molecule has 1 aliphatic rings. The highest BCUT2D eigenvalue weighted by Gasteiger charge is 2.47. The molecule has 1 fully saturated rings. The monoisotopic (exact) mass is 414 g/mol. The van der Waals surface area contributed by atoms with E-state index in [0.29, 0.717) is 5.65 Å². The molecule has 0 aromatic carbocycles. The van der Waals surface area contributed by atoms with Gasteiger partial charge < -0.3 is 19.2 Å². The quantitative estimate of drug-likeness (QED) is 0.558. The molecule has 1 aliphatic heterocycles. The summed E-state index contributed by atoms with van der Waals surface area (Å²) in [4.78, 5) is 44.5. The van der Waals surface area contributed by atoms with Crippen molar-refractivity contribution in [2.24, 2.45) is 0 Å². The molecule has 0 bridgehead atoms. The van der Waals surface area contributed by atoms with Crippen LogP contribution in [0.15, 0.2) is 17.4 Å². The number of carbonyl (C=O) groups is 2. The van der Waals surface area contributed by atoms with Crippen LogP contribution in [0.2, 0.25) is 0 Å². The maximum atomic E-state index is 11.8. The summed E-state index contributed by atoms with van der Waals surface area (Å²) in [6.07, 6.45) is 0.574. The second-order valence-electron chi connectivity index (χ2n) is 5.44. The van der Waals surface area contributed by atoms with Gasteiger partial charge >= 0.3 is 11.9 Å². The summed E-state index contributed by atoms with van der Waals surface area (Å²) in [5, 5.41) is 0. The number of esters is 2. The minimum Gasteiger partial charge on any atom is -0.463 e. The summed E-state index contributed by atoms with van der Waals surface area (Å²) in [6, 6.07) is 0. The lowest BCUT2D eigenvalue weighted by molar-refractivity contribution is -0.152. The molecule has 0 spiro atoms. The van der Waals surface area contributed by atoms with Crippen LogP contribution in [0.25, 0.3) is 11.2 Å². The van der Waals surface area contributed by atoms with Crippen LogP contribution in [0, 0.1) is 0 Å². The van der Waals surface area contributed by atoms with Gasteiger partial charge in [0.1, 0.15) is 12.7 Å². The van der Waals surface area contributed by atoms with E-state index in [1.165, 1.54) is 31.1 Å². The number of alkyl halides is 1. The first-order chi connectivity index (χ1) is 11.9. The first-order valence-electron chi connectivity index (χ1n) is 7.39. The summed E-state index contributed by atoms with van der Waals surface area (Å²) in [6.45, 7) is 2.56. The standard InChI is InChI=1S/C14H15BrN4O6/c1-6(20)23-3-8-9(15)11(24-7(2)21)14(25-8)19-5-18-10-12(19)16-4-17-13(10)22/h4-5,8-9,11,14H,3H2,1-2H3,(H,16,17,22)/t8-,9-,11+,14-/m1/s1. The van der Waals surface area contributed by atoms with Crippen LogP contribution in [-0.4, -0.2) is 55.1 Å². The second-order valence-corrected chi connectivity index (χ2v) is 6.50. The van der Waals surface area contributed by atoms with Crippen molar-refractivity contribution in [2.75, 3.05) is 6.61 Å². The topological polar surface area (TPSA) is 125 Å². The number of fused-ring (bicyclic) bond motifs is 1. The Hall–Kier alpha value is -2.27. The van der Waals surface area contributed by atoms with E-state index >= 15 is 0 Å². The summed E-state index contributed by atoms with van der Waals surface area (Å²) in [7, 11) is 0. The Morgan fingerprint density at radius 1 is 1.36 bits per heavy atom. The van der Waals surface area contributed by atoms with Gasteiger partial charge in [0.05, 0.1) is 17.5 Å². The predicted molar refractivity (Wildman–Crippen MR) is 87.0 cm³/mol. The lowest BCUT2D eigenvalue weighted by atomic mass is 10.2. The van der Waals surface area contributed by atoms with Crippen LogP contribution >= 0.6 is 15.9 Å². The molecule has 1 N–H and O–H groups in total. The number of rotatable bonds is 4. The zero-order chi connectivity index (χ0) is 18.1. The molecule has 3 rings (SSSR count). The smallest absolute Gasteiger partial charge is 0.303 e.